The molecular weight excluding hydrogens is 316 g/mol. The van der Waals surface area contributed by atoms with Gasteiger partial charge in [-0.2, -0.15) is 0 Å². The third kappa shape index (κ3) is 4.23. The van der Waals surface area contributed by atoms with Crippen molar-refractivity contribution in [3.05, 3.63) is 52.6 Å². The van der Waals surface area contributed by atoms with E-state index in [0.29, 0.717) is 18.5 Å². The molecule has 2 rings (SSSR count). The van der Waals surface area contributed by atoms with Gasteiger partial charge in [-0.15, -0.1) is 0 Å². The molecule has 1 heterocycles. The number of nitrogens with zero attached hydrogens (tertiary/aromatic N) is 1. The Morgan fingerprint density at radius 2 is 2.00 bits per heavy atom. The Morgan fingerprint density at radius 3 is 2.70 bits per heavy atom. The Labute approximate surface area is 128 Å². The van der Waals surface area contributed by atoms with Gasteiger partial charge in [0.05, 0.1) is 12.3 Å². The average Bonchev–Trinajstić information content (AvgIpc) is 2.44. The van der Waals surface area contributed by atoms with Gasteiger partial charge in [0, 0.05) is 16.7 Å². The van der Waals surface area contributed by atoms with E-state index in [1.807, 2.05) is 19.1 Å². The van der Waals surface area contributed by atoms with E-state index in [4.69, 9.17) is 4.74 Å². The molecule has 0 radical (unpaired) electrons. The lowest BCUT2D eigenvalue weighted by Crippen LogP contribution is -2.19. The Kier molecular flexibility index (Phi) is 5.41. The normalized spacial score (nSPS) is 11.9. The number of pyridine rings is 1. The zero-order valence-electron chi connectivity index (χ0n) is 11.8. The summed E-state index contributed by atoms with van der Waals surface area (Å²) < 4.78 is 6.63. The molecule has 0 saturated heterocycles. The van der Waals surface area contributed by atoms with E-state index in [1.165, 1.54) is 5.56 Å². The van der Waals surface area contributed by atoms with Crippen LogP contribution in [-0.2, 0) is 6.42 Å². The number of hydrogen-bond acceptors (Lipinski definition) is 3. The van der Waals surface area contributed by atoms with E-state index >= 15 is 0 Å². The second kappa shape index (κ2) is 7.29. The first-order chi connectivity index (χ1) is 9.69. The molecule has 0 saturated carbocycles. The van der Waals surface area contributed by atoms with Crippen LogP contribution in [0.4, 0.5) is 5.69 Å². The standard InChI is InChI=1S/C16H19BrN2O/c1-3-20-16-15(5-4-10-18-16)19-12(2)11-13-6-8-14(17)9-7-13/h4-10,12,19H,3,11H2,1-2H3. The molecule has 20 heavy (non-hydrogen) atoms. The van der Waals surface area contributed by atoms with Crippen LogP contribution >= 0.6 is 15.9 Å². The van der Waals surface area contributed by atoms with Crippen molar-refractivity contribution < 1.29 is 4.74 Å². The van der Waals surface area contributed by atoms with Gasteiger partial charge in [0.2, 0.25) is 5.88 Å². The lowest BCUT2D eigenvalue weighted by molar-refractivity contribution is 0.328. The summed E-state index contributed by atoms with van der Waals surface area (Å²) in [6.07, 6.45) is 2.70. The molecule has 106 valence electrons. The first-order valence-corrected chi connectivity index (χ1v) is 7.57. The minimum Gasteiger partial charge on any atom is -0.476 e. The van der Waals surface area contributed by atoms with Crippen LogP contribution in [0.5, 0.6) is 5.88 Å². The summed E-state index contributed by atoms with van der Waals surface area (Å²) >= 11 is 3.45. The van der Waals surface area contributed by atoms with E-state index < -0.39 is 0 Å². The van der Waals surface area contributed by atoms with Crippen LogP contribution in [0.2, 0.25) is 0 Å². The molecule has 1 aromatic heterocycles. The number of hydrogen-bond donors (Lipinski definition) is 1. The third-order valence-corrected chi connectivity index (χ3v) is 3.44. The molecule has 0 spiro atoms. The van der Waals surface area contributed by atoms with Crippen molar-refractivity contribution in [1.82, 2.24) is 4.98 Å². The van der Waals surface area contributed by atoms with Crippen LogP contribution in [0.3, 0.4) is 0 Å². The molecule has 0 fully saturated rings. The van der Waals surface area contributed by atoms with Crippen LogP contribution in [0.15, 0.2) is 47.1 Å². The van der Waals surface area contributed by atoms with Crippen molar-refractivity contribution in [3.8, 4) is 5.88 Å². The van der Waals surface area contributed by atoms with Gasteiger partial charge < -0.3 is 10.1 Å². The van der Waals surface area contributed by atoms with Crippen molar-refractivity contribution in [3.63, 3.8) is 0 Å². The van der Waals surface area contributed by atoms with Gasteiger partial charge in [0.1, 0.15) is 0 Å². The number of aromatic nitrogens is 1. The molecule has 0 amide bonds. The molecule has 3 nitrogen and oxygen atoms in total. The van der Waals surface area contributed by atoms with Gasteiger partial charge in [-0.25, -0.2) is 4.98 Å². The fourth-order valence-corrected chi connectivity index (χ4v) is 2.31. The van der Waals surface area contributed by atoms with Gasteiger partial charge in [-0.3, -0.25) is 0 Å². The largest absolute Gasteiger partial charge is 0.476 e. The first-order valence-electron chi connectivity index (χ1n) is 6.78. The fourth-order valence-electron chi connectivity index (χ4n) is 2.04. The van der Waals surface area contributed by atoms with Crippen LogP contribution in [0, 0.1) is 0 Å². The van der Waals surface area contributed by atoms with Gasteiger partial charge in [0.15, 0.2) is 0 Å². The predicted molar refractivity (Wildman–Crippen MR) is 86.3 cm³/mol. The molecule has 4 heteroatoms. The van der Waals surface area contributed by atoms with E-state index in [1.54, 1.807) is 6.20 Å². The van der Waals surface area contributed by atoms with Crippen molar-refractivity contribution in [2.45, 2.75) is 26.3 Å². The molecule has 1 atom stereocenters. The van der Waals surface area contributed by atoms with Gasteiger partial charge >= 0.3 is 0 Å². The summed E-state index contributed by atoms with van der Waals surface area (Å²) in [5, 5.41) is 3.46. The van der Waals surface area contributed by atoms with Crippen LogP contribution in [0.1, 0.15) is 19.4 Å². The van der Waals surface area contributed by atoms with Crippen molar-refractivity contribution in [2.75, 3.05) is 11.9 Å². The molecule has 0 aliphatic heterocycles. The SMILES string of the molecule is CCOc1ncccc1NC(C)Cc1ccc(Br)cc1. The minimum absolute atomic E-state index is 0.305. The number of benzene rings is 1. The zero-order chi connectivity index (χ0) is 14.4. The van der Waals surface area contributed by atoms with E-state index in [9.17, 15) is 0 Å². The smallest absolute Gasteiger partial charge is 0.237 e. The molecule has 1 aromatic carbocycles. The van der Waals surface area contributed by atoms with Crippen molar-refractivity contribution >= 4 is 21.6 Å². The summed E-state index contributed by atoms with van der Waals surface area (Å²) in [6, 6.07) is 12.6. The third-order valence-electron chi connectivity index (χ3n) is 2.91. The Morgan fingerprint density at radius 1 is 1.25 bits per heavy atom. The minimum atomic E-state index is 0.305. The highest BCUT2D eigenvalue weighted by atomic mass is 79.9. The predicted octanol–water partition coefficient (Wildman–Crippen LogP) is 4.29. The van der Waals surface area contributed by atoms with Crippen LogP contribution < -0.4 is 10.1 Å². The average molecular weight is 335 g/mol. The van der Waals surface area contributed by atoms with E-state index in [2.05, 4.69) is 57.4 Å². The highest BCUT2D eigenvalue weighted by Gasteiger charge is 2.08. The number of rotatable bonds is 6. The lowest BCUT2D eigenvalue weighted by Gasteiger charge is -2.17. The second-order valence-electron chi connectivity index (χ2n) is 4.67. The summed E-state index contributed by atoms with van der Waals surface area (Å²) in [5.74, 6) is 0.664. The summed E-state index contributed by atoms with van der Waals surface area (Å²) in [5.41, 5.74) is 2.24. The van der Waals surface area contributed by atoms with Crippen LogP contribution in [-0.4, -0.2) is 17.6 Å². The van der Waals surface area contributed by atoms with Gasteiger partial charge in [0.25, 0.3) is 0 Å². The Hall–Kier alpha value is -1.55. The molecule has 1 N–H and O–H groups in total. The van der Waals surface area contributed by atoms with Crippen molar-refractivity contribution in [2.24, 2.45) is 0 Å². The molecule has 0 bridgehead atoms. The summed E-state index contributed by atoms with van der Waals surface area (Å²) in [6.45, 7) is 4.74. The lowest BCUT2D eigenvalue weighted by atomic mass is 10.1. The van der Waals surface area contributed by atoms with E-state index in [-0.39, 0.29) is 0 Å². The number of nitrogens with one attached hydrogen (secondary N) is 1. The van der Waals surface area contributed by atoms with E-state index in [0.717, 1.165) is 16.6 Å². The fraction of sp³-hybridized carbons (Fsp3) is 0.312. The molecule has 0 aliphatic rings. The molecular formula is C16H19BrN2O. The van der Waals surface area contributed by atoms with Crippen molar-refractivity contribution in [1.29, 1.82) is 0 Å². The molecule has 2 aromatic rings. The monoisotopic (exact) mass is 334 g/mol. The topological polar surface area (TPSA) is 34.1 Å². The number of anilines is 1. The van der Waals surface area contributed by atoms with Gasteiger partial charge in [-0.1, -0.05) is 28.1 Å². The summed E-state index contributed by atoms with van der Waals surface area (Å²) in [7, 11) is 0. The maximum absolute atomic E-state index is 5.52. The highest BCUT2D eigenvalue weighted by Crippen LogP contribution is 2.22. The number of ether oxygens (including phenoxy) is 1. The maximum Gasteiger partial charge on any atom is 0.237 e. The quantitative estimate of drug-likeness (QED) is 0.855. The highest BCUT2D eigenvalue weighted by molar-refractivity contribution is 9.10. The molecule has 0 aliphatic carbocycles. The van der Waals surface area contributed by atoms with Gasteiger partial charge in [-0.05, 0) is 50.1 Å². The molecule has 1 unspecified atom stereocenters. The van der Waals surface area contributed by atoms with Crippen LogP contribution in [0.25, 0.3) is 0 Å². The zero-order valence-corrected chi connectivity index (χ0v) is 13.4. The Balaban J connectivity index is 2.00. The summed E-state index contributed by atoms with van der Waals surface area (Å²) in [4.78, 5) is 4.25. The maximum atomic E-state index is 5.52. The number of halogens is 1. The second-order valence-corrected chi connectivity index (χ2v) is 5.58. The first kappa shape index (κ1) is 14.9. The Bertz CT molecular complexity index is 542.